The molecule has 0 aromatic carbocycles. The van der Waals surface area contributed by atoms with Crippen molar-refractivity contribution in [3.8, 4) is 5.95 Å². The zero-order valence-corrected chi connectivity index (χ0v) is 11.1. The molecule has 0 fully saturated rings. The van der Waals surface area contributed by atoms with Gasteiger partial charge in [0.1, 0.15) is 0 Å². The second-order valence-corrected chi connectivity index (χ2v) is 4.25. The van der Waals surface area contributed by atoms with E-state index in [0.717, 1.165) is 18.0 Å². The molecule has 98 valence electrons. The van der Waals surface area contributed by atoms with Crippen LogP contribution in [0.2, 0.25) is 0 Å². The van der Waals surface area contributed by atoms with Gasteiger partial charge < -0.3 is 5.73 Å². The number of hydrogen-bond donors (Lipinski definition) is 1. The summed E-state index contributed by atoms with van der Waals surface area (Å²) in [7, 11) is 1.92. The summed E-state index contributed by atoms with van der Waals surface area (Å²) in [6, 6.07) is 0. The third-order valence-corrected chi connectivity index (χ3v) is 3.13. The summed E-state index contributed by atoms with van der Waals surface area (Å²) in [6.45, 7) is 4.78. The van der Waals surface area contributed by atoms with Crippen molar-refractivity contribution in [2.75, 3.05) is 5.73 Å². The lowest BCUT2D eigenvalue weighted by Gasteiger charge is -2.03. The molecule has 3 rings (SSSR count). The summed E-state index contributed by atoms with van der Waals surface area (Å²) < 4.78 is 3.98. The number of imidazole rings is 1. The molecule has 0 saturated carbocycles. The van der Waals surface area contributed by atoms with Crippen LogP contribution >= 0.6 is 0 Å². The first kappa shape index (κ1) is 11.6. The highest BCUT2D eigenvalue weighted by Crippen LogP contribution is 2.18. The monoisotopic (exact) mass is 259 g/mol. The maximum Gasteiger partial charge on any atom is 0.310 e. The van der Waals surface area contributed by atoms with E-state index in [1.54, 1.807) is 12.4 Å². The minimum absolute atomic E-state index is 0.422. The number of nitrogens with zero attached hydrogens (tertiary/aromatic N) is 7. The predicted molar refractivity (Wildman–Crippen MR) is 68.4 cm³/mol. The van der Waals surface area contributed by atoms with Crippen molar-refractivity contribution in [2.24, 2.45) is 7.05 Å². The smallest absolute Gasteiger partial charge is 0.310 e. The molecule has 8 heteroatoms. The van der Waals surface area contributed by atoms with Gasteiger partial charge in [-0.1, -0.05) is 4.98 Å². The van der Waals surface area contributed by atoms with E-state index < -0.39 is 0 Å². The normalized spacial score (nSPS) is 11.3. The molecule has 0 saturated heterocycles. The number of aromatic nitrogens is 7. The maximum atomic E-state index is 5.97. The Morgan fingerprint density at radius 1 is 1.26 bits per heavy atom. The van der Waals surface area contributed by atoms with Crippen molar-refractivity contribution in [1.29, 1.82) is 0 Å². The van der Waals surface area contributed by atoms with Crippen LogP contribution in [-0.4, -0.2) is 29.5 Å². The van der Waals surface area contributed by atoms with Gasteiger partial charge in [-0.05, 0) is 6.92 Å². The van der Waals surface area contributed by atoms with Crippen LogP contribution in [0.4, 0.5) is 5.82 Å². The number of fused-ring (bicyclic) bond motifs is 1. The lowest BCUT2D eigenvalue weighted by atomic mass is 10.4. The fraction of sp³-hybridized carbons (Fsp3) is 0.364. The van der Waals surface area contributed by atoms with E-state index in [1.807, 2.05) is 18.5 Å². The number of nitrogen functional groups attached to an aromatic ring is 1. The average Bonchev–Trinajstić information content (AvgIpc) is 2.99. The quantitative estimate of drug-likeness (QED) is 0.641. The Hall–Kier alpha value is -2.51. The summed E-state index contributed by atoms with van der Waals surface area (Å²) in [5, 5.41) is 8.20. The fourth-order valence-corrected chi connectivity index (χ4v) is 2.28. The zero-order chi connectivity index (χ0) is 13.6. The van der Waals surface area contributed by atoms with Crippen LogP contribution in [0, 0.1) is 6.92 Å². The molecular weight excluding hydrogens is 244 g/mol. The average molecular weight is 259 g/mol. The highest BCUT2D eigenvalue weighted by Gasteiger charge is 2.24. The van der Waals surface area contributed by atoms with E-state index in [1.165, 1.54) is 4.80 Å². The molecule has 3 heterocycles. The molecule has 0 aliphatic rings. The van der Waals surface area contributed by atoms with Gasteiger partial charge in [-0.25, -0.2) is 9.13 Å². The molecule has 0 amide bonds. The lowest BCUT2D eigenvalue weighted by molar-refractivity contribution is -0.679. The molecular formula is C11H15N8+. The Labute approximate surface area is 109 Å². The second kappa shape index (κ2) is 4.01. The number of rotatable bonds is 2. The van der Waals surface area contributed by atoms with Gasteiger partial charge in [-0.15, -0.1) is 4.80 Å². The van der Waals surface area contributed by atoms with E-state index in [9.17, 15) is 0 Å². The molecule has 19 heavy (non-hydrogen) atoms. The van der Waals surface area contributed by atoms with Crippen molar-refractivity contribution in [2.45, 2.75) is 20.4 Å². The summed E-state index contributed by atoms with van der Waals surface area (Å²) >= 11 is 0. The minimum Gasteiger partial charge on any atom is -0.368 e. The summed E-state index contributed by atoms with van der Waals surface area (Å²) in [4.78, 5) is 10.3. The molecule has 0 aliphatic heterocycles. The van der Waals surface area contributed by atoms with Crippen molar-refractivity contribution in [3.05, 3.63) is 18.2 Å². The van der Waals surface area contributed by atoms with E-state index in [2.05, 4.69) is 31.7 Å². The van der Waals surface area contributed by atoms with Gasteiger partial charge in [0.05, 0.1) is 26.0 Å². The van der Waals surface area contributed by atoms with Gasteiger partial charge in [0.25, 0.3) is 5.65 Å². The summed E-state index contributed by atoms with van der Waals surface area (Å²) in [5.41, 5.74) is 7.55. The molecule has 0 aliphatic carbocycles. The Bertz CT molecular complexity index is 740. The highest BCUT2D eigenvalue weighted by atomic mass is 15.5. The lowest BCUT2D eigenvalue weighted by Crippen LogP contribution is -2.39. The van der Waals surface area contributed by atoms with E-state index in [4.69, 9.17) is 5.73 Å². The third-order valence-electron chi connectivity index (χ3n) is 3.13. The van der Waals surface area contributed by atoms with Crippen LogP contribution in [0.25, 0.3) is 17.1 Å². The second-order valence-electron chi connectivity index (χ2n) is 4.25. The van der Waals surface area contributed by atoms with Crippen molar-refractivity contribution < 1.29 is 4.57 Å². The molecule has 0 spiro atoms. The topological polar surface area (TPSA) is 91.3 Å². The number of aryl methyl sites for hydroxylation is 3. The zero-order valence-electron chi connectivity index (χ0n) is 11.1. The van der Waals surface area contributed by atoms with E-state index in [0.29, 0.717) is 17.3 Å². The van der Waals surface area contributed by atoms with Gasteiger partial charge in [-0.2, -0.15) is 15.2 Å². The van der Waals surface area contributed by atoms with Crippen LogP contribution in [-0.2, 0) is 13.6 Å². The minimum atomic E-state index is 0.422. The van der Waals surface area contributed by atoms with Crippen LogP contribution in [0.15, 0.2) is 12.4 Å². The van der Waals surface area contributed by atoms with Crippen molar-refractivity contribution in [1.82, 2.24) is 29.5 Å². The Balaban J connectivity index is 2.41. The van der Waals surface area contributed by atoms with Crippen LogP contribution in [0.3, 0.4) is 0 Å². The first-order chi connectivity index (χ1) is 9.13. The molecule has 0 radical (unpaired) electrons. The van der Waals surface area contributed by atoms with Crippen LogP contribution in [0.5, 0.6) is 0 Å². The fourth-order valence-electron chi connectivity index (χ4n) is 2.28. The Morgan fingerprint density at radius 3 is 2.58 bits per heavy atom. The first-order valence-electron chi connectivity index (χ1n) is 6.02. The Morgan fingerprint density at radius 2 is 1.95 bits per heavy atom. The molecule has 2 N–H and O–H groups in total. The number of hydrogen-bond acceptors (Lipinski definition) is 5. The standard InChI is InChI=1S/C11H14N8/c1-4-18-7(2)15-9(12)8-10(18)17(3)11(16-8)19-13-5-6-14-19/h5-6,12H,4H2,1-3H3/p+1. The van der Waals surface area contributed by atoms with E-state index in [-0.39, 0.29) is 0 Å². The van der Waals surface area contributed by atoms with Crippen LogP contribution < -0.4 is 10.3 Å². The predicted octanol–water partition coefficient (Wildman–Crippen LogP) is -0.253. The summed E-state index contributed by atoms with van der Waals surface area (Å²) in [5.74, 6) is 1.89. The van der Waals surface area contributed by atoms with Gasteiger partial charge in [-0.3, -0.25) is 0 Å². The maximum absolute atomic E-state index is 5.97. The third kappa shape index (κ3) is 1.56. The van der Waals surface area contributed by atoms with Crippen molar-refractivity contribution >= 4 is 17.0 Å². The molecule has 3 aromatic rings. The summed E-state index contributed by atoms with van der Waals surface area (Å²) in [6.07, 6.45) is 3.22. The number of nitrogens with two attached hydrogens (primary N) is 1. The number of anilines is 1. The molecule has 8 nitrogen and oxygen atoms in total. The first-order valence-corrected chi connectivity index (χ1v) is 6.02. The molecule has 0 bridgehead atoms. The van der Waals surface area contributed by atoms with Gasteiger partial charge in [0, 0.05) is 6.92 Å². The largest absolute Gasteiger partial charge is 0.368 e. The van der Waals surface area contributed by atoms with Gasteiger partial charge in [0.2, 0.25) is 17.2 Å². The SMILES string of the molecule is CC[n+]1c(C)nc(N)c2nc(-n3nccn3)n(C)c21. The Kier molecular flexibility index (Phi) is 2.44. The van der Waals surface area contributed by atoms with Gasteiger partial charge >= 0.3 is 5.95 Å². The van der Waals surface area contributed by atoms with Crippen LogP contribution in [0.1, 0.15) is 12.7 Å². The molecule has 0 unspecified atom stereocenters. The molecule has 3 aromatic heterocycles. The highest BCUT2D eigenvalue weighted by molar-refractivity contribution is 5.80. The van der Waals surface area contributed by atoms with Crippen molar-refractivity contribution in [3.63, 3.8) is 0 Å². The van der Waals surface area contributed by atoms with Gasteiger partial charge in [0.15, 0.2) is 0 Å². The van der Waals surface area contributed by atoms with E-state index >= 15 is 0 Å². The molecule has 0 atom stereocenters.